The van der Waals surface area contributed by atoms with Crippen molar-refractivity contribution in [1.82, 2.24) is 20.6 Å². The highest BCUT2D eigenvalue weighted by Crippen LogP contribution is 2.19. The lowest BCUT2D eigenvalue weighted by Crippen LogP contribution is -2.39. The molecule has 6 heteroatoms. The van der Waals surface area contributed by atoms with Crippen LogP contribution in [0.1, 0.15) is 19.5 Å². The smallest absolute Gasteiger partial charge is 0.315 e. The summed E-state index contributed by atoms with van der Waals surface area (Å²) in [5, 5.41) is 5.48. The summed E-state index contributed by atoms with van der Waals surface area (Å²) in [6, 6.07) is 3.45. The lowest BCUT2D eigenvalue weighted by Gasteiger charge is -2.10. The minimum absolute atomic E-state index is 0.0893. The monoisotopic (exact) mass is 260 g/mol. The molecular formula is C13H16N4O2. The van der Waals surface area contributed by atoms with Gasteiger partial charge in [-0.3, -0.25) is 4.98 Å². The maximum Gasteiger partial charge on any atom is 0.315 e. The molecule has 2 aromatic heterocycles. The minimum Gasteiger partial charge on any atom is -0.463 e. The zero-order valence-corrected chi connectivity index (χ0v) is 10.9. The van der Waals surface area contributed by atoms with Crippen molar-refractivity contribution in [3.63, 3.8) is 0 Å². The van der Waals surface area contributed by atoms with Gasteiger partial charge in [-0.1, -0.05) is 0 Å². The van der Waals surface area contributed by atoms with Crippen LogP contribution in [0.25, 0.3) is 11.5 Å². The predicted octanol–water partition coefficient (Wildman–Crippen LogP) is 1.94. The number of rotatable bonds is 4. The van der Waals surface area contributed by atoms with Crippen LogP contribution >= 0.6 is 0 Å². The van der Waals surface area contributed by atoms with E-state index in [1.165, 1.54) is 0 Å². The van der Waals surface area contributed by atoms with Crippen molar-refractivity contribution < 1.29 is 9.21 Å². The van der Waals surface area contributed by atoms with Crippen LogP contribution in [-0.4, -0.2) is 22.0 Å². The molecule has 0 saturated heterocycles. The van der Waals surface area contributed by atoms with Gasteiger partial charge >= 0.3 is 6.03 Å². The molecule has 0 spiro atoms. The first kappa shape index (κ1) is 13.1. The van der Waals surface area contributed by atoms with Gasteiger partial charge in [0.25, 0.3) is 0 Å². The van der Waals surface area contributed by atoms with Crippen molar-refractivity contribution in [1.29, 1.82) is 0 Å². The van der Waals surface area contributed by atoms with Crippen molar-refractivity contribution in [3.8, 4) is 11.5 Å². The quantitative estimate of drug-likeness (QED) is 0.880. The molecule has 0 aromatic carbocycles. The van der Waals surface area contributed by atoms with E-state index in [-0.39, 0.29) is 12.1 Å². The molecule has 0 fully saturated rings. The van der Waals surface area contributed by atoms with Crippen LogP contribution in [0.2, 0.25) is 0 Å². The number of urea groups is 1. The van der Waals surface area contributed by atoms with Gasteiger partial charge in [-0.15, -0.1) is 0 Å². The Balaban J connectivity index is 2.07. The first-order valence-corrected chi connectivity index (χ1v) is 6.05. The van der Waals surface area contributed by atoms with E-state index < -0.39 is 0 Å². The molecule has 0 radical (unpaired) electrons. The van der Waals surface area contributed by atoms with Gasteiger partial charge < -0.3 is 15.1 Å². The molecule has 0 aliphatic carbocycles. The third-order valence-electron chi connectivity index (χ3n) is 2.36. The summed E-state index contributed by atoms with van der Waals surface area (Å²) in [7, 11) is 0. The first-order chi connectivity index (χ1) is 9.16. The van der Waals surface area contributed by atoms with E-state index in [1.807, 2.05) is 19.9 Å². The number of furan rings is 1. The number of amides is 2. The Morgan fingerprint density at radius 2 is 2.16 bits per heavy atom. The van der Waals surface area contributed by atoms with Crippen LogP contribution < -0.4 is 10.6 Å². The van der Waals surface area contributed by atoms with E-state index in [0.717, 1.165) is 0 Å². The summed E-state index contributed by atoms with van der Waals surface area (Å²) in [6.07, 6.45) is 4.76. The highest BCUT2D eigenvalue weighted by Gasteiger charge is 2.11. The average molecular weight is 260 g/mol. The Labute approximate surface area is 111 Å². The zero-order valence-electron chi connectivity index (χ0n) is 10.9. The Morgan fingerprint density at radius 3 is 2.84 bits per heavy atom. The Morgan fingerprint density at radius 1 is 1.37 bits per heavy atom. The number of carbonyl (C=O) groups is 1. The van der Waals surface area contributed by atoms with Crippen LogP contribution in [0.3, 0.4) is 0 Å². The number of hydrogen-bond donors (Lipinski definition) is 2. The van der Waals surface area contributed by atoms with E-state index in [9.17, 15) is 4.79 Å². The normalized spacial score (nSPS) is 10.5. The molecule has 2 amide bonds. The highest BCUT2D eigenvalue weighted by atomic mass is 16.3. The molecule has 0 aliphatic rings. The first-order valence-electron chi connectivity index (χ1n) is 6.05. The van der Waals surface area contributed by atoms with Gasteiger partial charge in [0.2, 0.25) is 0 Å². The van der Waals surface area contributed by atoms with E-state index in [1.54, 1.807) is 24.7 Å². The van der Waals surface area contributed by atoms with E-state index in [4.69, 9.17) is 4.42 Å². The van der Waals surface area contributed by atoms with Crippen LogP contribution in [0, 0.1) is 0 Å². The standard InChI is InChI=1S/C13H16N4O2/c1-9(2)17-13(18)16-8-10-12(15-6-5-14-10)11-4-3-7-19-11/h3-7,9H,8H2,1-2H3,(H2,16,17,18). The van der Waals surface area contributed by atoms with E-state index in [2.05, 4.69) is 20.6 Å². The van der Waals surface area contributed by atoms with Crippen LogP contribution in [0.4, 0.5) is 4.79 Å². The fourth-order valence-electron chi connectivity index (χ4n) is 1.59. The maximum atomic E-state index is 11.5. The number of nitrogens with zero attached hydrogens (tertiary/aromatic N) is 2. The Kier molecular flexibility index (Phi) is 4.12. The third-order valence-corrected chi connectivity index (χ3v) is 2.36. The summed E-state index contributed by atoms with van der Waals surface area (Å²) in [5.74, 6) is 0.633. The molecule has 100 valence electrons. The summed E-state index contributed by atoms with van der Waals surface area (Å²) >= 11 is 0. The van der Waals surface area contributed by atoms with Crippen molar-refractivity contribution in [2.75, 3.05) is 0 Å². The predicted molar refractivity (Wildman–Crippen MR) is 70.2 cm³/mol. The van der Waals surface area contributed by atoms with Crippen molar-refractivity contribution >= 4 is 6.03 Å². The molecule has 0 aliphatic heterocycles. The number of hydrogen-bond acceptors (Lipinski definition) is 4. The molecular weight excluding hydrogens is 244 g/mol. The second-order valence-electron chi connectivity index (χ2n) is 4.31. The van der Waals surface area contributed by atoms with Gasteiger partial charge in [0.1, 0.15) is 5.69 Å². The number of carbonyl (C=O) groups excluding carboxylic acids is 1. The fourth-order valence-corrected chi connectivity index (χ4v) is 1.59. The third kappa shape index (κ3) is 3.54. The molecule has 0 atom stereocenters. The topological polar surface area (TPSA) is 80.0 Å². The summed E-state index contributed by atoms with van der Waals surface area (Å²) in [6.45, 7) is 4.09. The molecule has 2 rings (SSSR count). The Bertz CT molecular complexity index is 537. The molecule has 2 aromatic rings. The Hall–Kier alpha value is -2.37. The van der Waals surface area contributed by atoms with Crippen LogP contribution in [0.5, 0.6) is 0 Å². The minimum atomic E-state index is -0.231. The fraction of sp³-hybridized carbons (Fsp3) is 0.308. The van der Waals surface area contributed by atoms with Crippen LogP contribution in [-0.2, 0) is 6.54 Å². The van der Waals surface area contributed by atoms with Gasteiger partial charge in [0.05, 0.1) is 18.5 Å². The van der Waals surface area contributed by atoms with E-state index in [0.29, 0.717) is 23.7 Å². The van der Waals surface area contributed by atoms with Gasteiger partial charge in [0.15, 0.2) is 5.76 Å². The second kappa shape index (κ2) is 5.99. The summed E-state index contributed by atoms with van der Waals surface area (Å²) < 4.78 is 5.30. The number of nitrogens with one attached hydrogen (secondary N) is 2. The van der Waals surface area contributed by atoms with Gasteiger partial charge in [0, 0.05) is 18.4 Å². The summed E-state index contributed by atoms with van der Waals surface area (Å²) in [5.41, 5.74) is 1.30. The van der Waals surface area contributed by atoms with Crippen LogP contribution in [0.15, 0.2) is 35.2 Å². The molecule has 2 heterocycles. The van der Waals surface area contributed by atoms with E-state index >= 15 is 0 Å². The van der Waals surface area contributed by atoms with Crippen molar-refractivity contribution in [2.45, 2.75) is 26.4 Å². The SMILES string of the molecule is CC(C)NC(=O)NCc1nccnc1-c1ccco1. The number of aromatic nitrogens is 2. The zero-order chi connectivity index (χ0) is 13.7. The summed E-state index contributed by atoms with van der Waals surface area (Å²) in [4.78, 5) is 20.0. The second-order valence-corrected chi connectivity index (χ2v) is 4.31. The maximum absolute atomic E-state index is 11.5. The highest BCUT2D eigenvalue weighted by molar-refractivity contribution is 5.74. The van der Waals surface area contributed by atoms with Gasteiger partial charge in [-0.25, -0.2) is 9.78 Å². The largest absolute Gasteiger partial charge is 0.463 e. The molecule has 0 saturated carbocycles. The molecule has 19 heavy (non-hydrogen) atoms. The van der Waals surface area contributed by atoms with Crippen molar-refractivity contribution in [2.24, 2.45) is 0 Å². The van der Waals surface area contributed by atoms with Gasteiger partial charge in [-0.05, 0) is 26.0 Å². The lowest BCUT2D eigenvalue weighted by atomic mass is 10.2. The molecule has 0 bridgehead atoms. The lowest BCUT2D eigenvalue weighted by molar-refractivity contribution is 0.238. The molecule has 2 N–H and O–H groups in total. The average Bonchev–Trinajstić information content (AvgIpc) is 2.89. The molecule has 0 unspecified atom stereocenters. The van der Waals surface area contributed by atoms with Gasteiger partial charge in [-0.2, -0.15) is 0 Å². The van der Waals surface area contributed by atoms with Crippen molar-refractivity contribution in [3.05, 3.63) is 36.5 Å². The molecule has 6 nitrogen and oxygen atoms in total.